The van der Waals surface area contributed by atoms with Crippen LogP contribution in [0, 0.1) is 6.92 Å². The zero-order chi connectivity index (χ0) is 21.5. The molecular weight excluding hydrogens is 425 g/mol. The van der Waals surface area contributed by atoms with Gasteiger partial charge in [-0.05, 0) is 44.0 Å². The third-order valence-electron chi connectivity index (χ3n) is 5.01. The molecule has 2 aromatic carbocycles. The fourth-order valence-corrected chi connectivity index (χ4v) is 3.63. The standard InChI is InChI=1S/C22H27Cl2N3O3/c1-15-2-4-16(5-3-15)26-22(29)25-13-17(28)14-27-10-8-18(9-11-27)30-19-6-7-20(23)21(24)12-19/h2-7,12,17-18,28H,8-11,13-14H2,1H3,(H2,25,26,29). The lowest BCUT2D eigenvalue weighted by atomic mass is 10.1. The number of benzene rings is 2. The van der Waals surface area contributed by atoms with Gasteiger partial charge in [0.2, 0.25) is 0 Å². The smallest absolute Gasteiger partial charge is 0.319 e. The first kappa shape index (κ1) is 22.7. The summed E-state index contributed by atoms with van der Waals surface area (Å²) in [4.78, 5) is 14.2. The Morgan fingerprint density at radius 1 is 1.17 bits per heavy atom. The van der Waals surface area contributed by atoms with Gasteiger partial charge in [-0.15, -0.1) is 0 Å². The van der Waals surface area contributed by atoms with Gasteiger partial charge in [-0.25, -0.2) is 4.79 Å². The molecule has 0 saturated carbocycles. The Kier molecular flexibility index (Phi) is 8.22. The van der Waals surface area contributed by atoms with Crippen molar-refractivity contribution in [3.8, 4) is 5.75 Å². The number of amides is 2. The average Bonchev–Trinajstić information content (AvgIpc) is 2.72. The van der Waals surface area contributed by atoms with E-state index >= 15 is 0 Å². The van der Waals surface area contributed by atoms with Crippen LogP contribution in [-0.4, -0.2) is 54.4 Å². The average molecular weight is 452 g/mol. The second-order valence-corrected chi connectivity index (χ2v) is 8.36. The highest BCUT2D eigenvalue weighted by molar-refractivity contribution is 6.42. The topological polar surface area (TPSA) is 73.8 Å². The molecule has 162 valence electrons. The zero-order valence-corrected chi connectivity index (χ0v) is 18.4. The number of aryl methyl sites for hydroxylation is 1. The number of hydrogen-bond acceptors (Lipinski definition) is 4. The number of aliphatic hydroxyl groups is 1. The molecule has 1 heterocycles. The van der Waals surface area contributed by atoms with Crippen LogP contribution in [0.5, 0.6) is 5.75 Å². The Morgan fingerprint density at radius 3 is 2.53 bits per heavy atom. The van der Waals surface area contributed by atoms with Crippen LogP contribution in [0.4, 0.5) is 10.5 Å². The van der Waals surface area contributed by atoms with E-state index in [2.05, 4.69) is 15.5 Å². The number of urea groups is 1. The number of likely N-dealkylation sites (tertiary alicyclic amines) is 1. The van der Waals surface area contributed by atoms with Gasteiger partial charge < -0.3 is 25.4 Å². The molecule has 0 bridgehead atoms. The Bertz CT molecular complexity index is 840. The number of aliphatic hydroxyl groups excluding tert-OH is 1. The highest BCUT2D eigenvalue weighted by Gasteiger charge is 2.22. The van der Waals surface area contributed by atoms with Crippen molar-refractivity contribution in [2.24, 2.45) is 0 Å². The molecule has 0 aromatic heterocycles. The van der Waals surface area contributed by atoms with Crippen molar-refractivity contribution in [1.29, 1.82) is 0 Å². The Labute approximate surface area is 187 Å². The van der Waals surface area contributed by atoms with E-state index in [1.165, 1.54) is 0 Å². The SMILES string of the molecule is Cc1ccc(NC(=O)NCC(O)CN2CCC(Oc3ccc(Cl)c(Cl)c3)CC2)cc1. The molecule has 30 heavy (non-hydrogen) atoms. The van der Waals surface area contributed by atoms with Crippen molar-refractivity contribution < 1.29 is 14.6 Å². The van der Waals surface area contributed by atoms with E-state index in [0.29, 0.717) is 22.3 Å². The van der Waals surface area contributed by atoms with Crippen molar-refractivity contribution in [3.63, 3.8) is 0 Å². The molecule has 2 amide bonds. The second-order valence-electron chi connectivity index (χ2n) is 7.55. The van der Waals surface area contributed by atoms with Crippen LogP contribution in [0.3, 0.4) is 0 Å². The van der Waals surface area contributed by atoms with E-state index in [1.54, 1.807) is 12.1 Å². The normalized spacial score (nSPS) is 16.1. The Balaban J connectivity index is 1.34. The number of nitrogens with one attached hydrogen (secondary N) is 2. The molecule has 3 rings (SSSR count). The lowest BCUT2D eigenvalue weighted by Gasteiger charge is -2.33. The summed E-state index contributed by atoms with van der Waals surface area (Å²) in [6.45, 7) is 4.32. The molecule has 2 aromatic rings. The number of nitrogens with zero attached hydrogens (tertiary/aromatic N) is 1. The van der Waals surface area contributed by atoms with Crippen LogP contribution in [0.15, 0.2) is 42.5 Å². The van der Waals surface area contributed by atoms with Crippen LogP contribution >= 0.6 is 23.2 Å². The summed E-state index contributed by atoms with van der Waals surface area (Å²) in [5.74, 6) is 0.715. The summed E-state index contributed by atoms with van der Waals surface area (Å²) in [6.07, 6.45) is 1.18. The quantitative estimate of drug-likeness (QED) is 0.585. The predicted octanol–water partition coefficient (Wildman–Crippen LogP) is 4.33. The van der Waals surface area contributed by atoms with E-state index in [-0.39, 0.29) is 18.7 Å². The summed E-state index contributed by atoms with van der Waals surface area (Å²) in [6, 6.07) is 12.5. The number of halogens is 2. The second kappa shape index (κ2) is 10.9. The number of carbonyl (C=O) groups excluding carboxylic acids is 1. The molecule has 8 heteroatoms. The number of ether oxygens (including phenoxy) is 1. The fraction of sp³-hybridized carbons (Fsp3) is 0.409. The zero-order valence-electron chi connectivity index (χ0n) is 16.9. The van der Waals surface area contributed by atoms with Crippen molar-refractivity contribution in [3.05, 3.63) is 58.1 Å². The minimum Gasteiger partial charge on any atom is -0.490 e. The summed E-state index contributed by atoms with van der Waals surface area (Å²) in [5.41, 5.74) is 1.85. The minimum atomic E-state index is -0.638. The van der Waals surface area contributed by atoms with Gasteiger partial charge in [0.1, 0.15) is 11.9 Å². The first-order valence-corrected chi connectivity index (χ1v) is 10.8. The van der Waals surface area contributed by atoms with Gasteiger partial charge in [-0.2, -0.15) is 0 Å². The van der Waals surface area contributed by atoms with Gasteiger partial charge in [0, 0.05) is 37.9 Å². The van der Waals surface area contributed by atoms with Crippen LogP contribution in [0.25, 0.3) is 0 Å². The Hall–Kier alpha value is -1.99. The fourth-order valence-electron chi connectivity index (χ4n) is 3.34. The molecule has 0 radical (unpaired) electrons. The number of anilines is 1. The predicted molar refractivity (Wildman–Crippen MR) is 121 cm³/mol. The maximum atomic E-state index is 12.0. The maximum Gasteiger partial charge on any atom is 0.319 e. The first-order valence-electron chi connectivity index (χ1n) is 10.0. The van der Waals surface area contributed by atoms with Crippen molar-refractivity contribution in [1.82, 2.24) is 10.2 Å². The van der Waals surface area contributed by atoms with Gasteiger partial charge in [-0.1, -0.05) is 40.9 Å². The number of rotatable bonds is 7. The van der Waals surface area contributed by atoms with E-state index in [0.717, 1.165) is 37.2 Å². The summed E-state index contributed by atoms with van der Waals surface area (Å²) in [5, 5.41) is 16.7. The van der Waals surface area contributed by atoms with Gasteiger partial charge >= 0.3 is 6.03 Å². The van der Waals surface area contributed by atoms with Gasteiger partial charge in [-0.3, -0.25) is 0 Å². The van der Waals surface area contributed by atoms with E-state index in [4.69, 9.17) is 27.9 Å². The molecule has 1 unspecified atom stereocenters. The Morgan fingerprint density at radius 2 is 1.87 bits per heavy atom. The molecule has 6 nitrogen and oxygen atoms in total. The lowest BCUT2D eigenvalue weighted by Crippen LogP contribution is -2.45. The highest BCUT2D eigenvalue weighted by Crippen LogP contribution is 2.28. The monoisotopic (exact) mass is 451 g/mol. The molecule has 0 aliphatic carbocycles. The van der Waals surface area contributed by atoms with Crippen molar-refractivity contribution >= 4 is 34.9 Å². The summed E-state index contributed by atoms with van der Waals surface area (Å²) in [7, 11) is 0. The highest BCUT2D eigenvalue weighted by atomic mass is 35.5. The van der Waals surface area contributed by atoms with Crippen molar-refractivity contribution in [2.45, 2.75) is 32.0 Å². The number of piperidine rings is 1. The van der Waals surface area contributed by atoms with Crippen LogP contribution in [-0.2, 0) is 0 Å². The number of β-amino-alcohol motifs (C(OH)–C–C–N with tert-alkyl or cyclic N) is 1. The molecule has 0 spiro atoms. The number of hydrogen-bond donors (Lipinski definition) is 3. The van der Waals surface area contributed by atoms with E-state index in [9.17, 15) is 9.90 Å². The molecule has 1 atom stereocenters. The van der Waals surface area contributed by atoms with E-state index in [1.807, 2.05) is 37.3 Å². The van der Waals surface area contributed by atoms with E-state index < -0.39 is 6.10 Å². The third-order valence-corrected chi connectivity index (χ3v) is 5.74. The van der Waals surface area contributed by atoms with Crippen molar-refractivity contribution in [2.75, 3.05) is 31.5 Å². The molecule has 1 fully saturated rings. The van der Waals surface area contributed by atoms with Crippen LogP contribution in [0.1, 0.15) is 18.4 Å². The maximum absolute atomic E-state index is 12.0. The van der Waals surface area contributed by atoms with Gasteiger partial charge in [0.05, 0.1) is 16.1 Å². The molecule has 3 N–H and O–H groups in total. The molecule has 1 aliphatic heterocycles. The van der Waals surface area contributed by atoms with Crippen LogP contribution < -0.4 is 15.4 Å². The van der Waals surface area contributed by atoms with Gasteiger partial charge in [0.15, 0.2) is 0 Å². The molecule has 1 aliphatic rings. The summed E-state index contributed by atoms with van der Waals surface area (Å²) < 4.78 is 5.99. The third kappa shape index (κ3) is 7.06. The lowest BCUT2D eigenvalue weighted by molar-refractivity contribution is 0.0621. The van der Waals surface area contributed by atoms with Gasteiger partial charge in [0.25, 0.3) is 0 Å². The summed E-state index contributed by atoms with van der Waals surface area (Å²) >= 11 is 12.0. The first-order chi connectivity index (χ1) is 14.4. The largest absolute Gasteiger partial charge is 0.490 e. The minimum absolute atomic E-state index is 0.106. The number of carbonyl (C=O) groups is 1. The van der Waals surface area contributed by atoms with Crippen LogP contribution in [0.2, 0.25) is 10.0 Å². The molecule has 1 saturated heterocycles. The molecular formula is C22H27Cl2N3O3.